The van der Waals surface area contributed by atoms with Crippen molar-refractivity contribution in [2.24, 2.45) is 0 Å². The number of hydrogen-bond acceptors (Lipinski definition) is 5. The van der Waals surface area contributed by atoms with E-state index >= 15 is 0 Å². The smallest absolute Gasteiger partial charge is 0.329 e. The second-order valence-electron chi connectivity index (χ2n) is 4.48. The highest BCUT2D eigenvalue weighted by Gasteiger charge is 2.25. The molecule has 1 aromatic rings. The lowest BCUT2D eigenvalue weighted by molar-refractivity contribution is -0.142. The summed E-state index contributed by atoms with van der Waals surface area (Å²) in [6.45, 7) is 2.56. The first-order chi connectivity index (χ1) is 9.30. The maximum atomic E-state index is 11.8. The summed E-state index contributed by atoms with van der Waals surface area (Å²) >= 11 is 0. The minimum Gasteiger partial charge on any atom is -0.480 e. The Balaban J connectivity index is 0.00000172. The molecule has 6 nitrogen and oxygen atoms in total. The molecule has 0 atom stereocenters. The van der Waals surface area contributed by atoms with Crippen LogP contribution < -0.4 is 0 Å². The number of carbonyl (C=O) groups excluding carboxylic acids is 1. The van der Waals surface area contributed by atoms with Gasteiger partial charge in [0.1, 0.15) is 12.2 Å². The van der Waals surface area contributed by atoms with Gasteiger partial charge in [0.2, 0.25) is 0 Å². The Morgan fingerprint density at radius 3 is 2.35 bits per heavy atom. The van der Waals surface area contributed by atoms with E-state index in [0.717, 1.165) is 7.11 Å². The highest BCUT2D eigenvalue weighted by Crippen LogP contribution is 2.14. The molecular weight excluding hydrogens is 264 g/mol. The first kappa shape index (κ1) is 18.2. The van der Waals surface area contributed by atoms with Crippen LogP contribution >= 0.6 is 0 Å². The number of benzene rings is 1. The van der Waals surface area contributed by atoms with Crippen LogP contribution in [0.1, 0.15) is 29.8 Å². The van der Waals surface area contributed by atoms with Crippen LogP contribution in [0.2, 0.25) is 0 Å². The monoisotopic (exact) mass is 284 g/mol. The zero-order valence-electron chi connectivity index (χ0n) is 11.8. The van der Waals surface area contributed by atoms with Gasteiger partial charge in [0.15, 0.2) is 5.78 Å². The van der Waals surface area contributed by atoms with Crippen LogP contribution in [0.25, 0.3) is 0 Å². The molecule has 0 bridgehead atoms. The number of aliphatic hydroxyl groups excluding tert-OH is 1. The van der Waals surface area contributed by atoms with Gasteiger partial charge in [-0.3, -0.25) is 4.79 Å². The van der Waals surface area contributed by atoms with Gasteiger partial charge < -0.3 is 20.1 Å². The van der Waals surface area contributed by atoms with Gasteiger partial charge in [-0.1, -0.05) is 18.2 Å². The van der Waals surface area contributed by atoms with Crippen molar-refractivity contribution in [1.29, 1.82) is 0 Å². The molecule has 0 aliphatic rings. The summed E-state index contributed by atoms with van der Waals surface area (Å²) in [6.07, 6.45) is 0. The fraction of sp³-hybridized carbons (Fsp3) is 0.429. The van der Waals surface area contributed by atoms with E-state index in [1.807, 2.05) is 0 Å². The molecular formula is C14H20O6. The Kier molecular flexibility index (Phi) is 7.68. The molecule has 1 aromatic carbocycles. The number of aliphatic carboxylic acids is 1. The minimum absolute atomic E-state index is 0.110. The summed E-state index contributed by atoms with van der Waals surface area (Å²) < 4.78 is 4.93. The number of rotatable bonds is 6. The molecule has 0 saturated carbocycles. The van der Waals surface area contributed by atoms with E-state index in [-0.39, 0.29) is 19.0 Å². The van der Waals surface area contributed by atoms with Crippen LogP contribution in [0.3, 0.4) is 0 Å². The third-order valence-corrected chi connectivity index (χ3v) is 2.24. The van der Waals surface area contributed by atoms with E-state index in [2.05, 4.69) is 0 Å². The van der Waals surface area contributed by atoms with E-state index in [0.29, 0.717) is 11.1 Å². The molecule has 0 fully saturated rings. The molecule has 1 rings (SSSR count). The summed E-state index contributed by atoms with van der Waals surface area (Å²) in [6, 6.07) is 6.57. The van der Waals surface area contributed by atoms with Crippen molar-refractivity contribution in [2.45, 2.75) is 26.1 Å². The van der Waals surface area contributed by atoms with Crippen molar-refractivity contribution < 1.29 is 29.6 Å². The molecule has 0 radical (unpaired) electrons. The van der Waals surface area contributed by atoms with Crippen molar-refractivity contribution in [3.8, 4) is 0 Å². The molecule has 20 heavy (non-hydrogen) atoms. The minimum atomic E-state index is -1.43. The van der Waals surface area contributed by atoms with Crippen molar-refractivity contribution in [3.05, 3.63) is 35.4 Å². The average molecular weight is 284 g/mol. The number of ether oxygens (including phenoxy) is 1. The highest BCUT2D eigenvalue weighted by atomic mass is 16.5. The van der Waals surface area contributed by atoms with Crippen LogP contribution in [-0.2, 0) is 16.1 Å². The molecule has 0 aliphatic heterocycles. The Morgan fingerprint density at radius 2 is 1.85 bits per heavy atom. The number of aliphatic hydroxyl groups is 2. The topological polar surface area (TPSA) is 104 Å². The molecule has 6 heteroatoms. The maximum Gasteiger partial charge on any atom is 0.329 e. The van der Waals surface area contributed by atoms with E-state index in [1.165, 1.54) is 13.8 Å². The quantitative estimate of drug-likeness (QED) is 0.669. The van der Waals surface area contributed by atoms with Gasteiger partial charge in [-0.25, -0.2) is 4.79 Å². The van der Waals surface area contributed by atoms with Gasteiger partial charge in [-0.15, -0.1) is 0 Å². The molecule has 0 spiro atoms. The standard InChI is InChI=1S/C13H16O5.CH4O/c1-13(2,17)12(16)10-5-3-4-9(6-10)7-18-8-11(14)15;1-2/h3-6,17H,7-8H2,1-2H3,(H,14,15);2H,1H3. The summed E-state index contributed by atoms with van der Waals surface area (Å²) in [5.41, 5.74) is -0.370. The number of carboxylic acids is 1. The third kappa shape index (κ3) is 6.42. The third-order valence-electron chi connectivity index (χ3n) is 2.24. The fourth-order valence-electron chi connectivity index (χ4n) is 1.41. The zero-order chi connectivity index (χ0) is 15.8. The van der Waals surface area contributed by atoms with Crippen molar-refractivity contribution in [3.63, 3.8) is 0 Å². The first-order valence-electron chi connectivity index (χ1n) is 5.91. The van der Waals surface area contributed by atoms with Crippen LogP contribution in [-0.4, -0.2) is 46.4 Å². The second-order valence-corrected chi connectivity index (χ2v) is 4.48. The Labute approximate surface area is 117 Å². The summed E-state index contributed by atoms with van der Waals surface area (Å²) in [4.78, 5) is 22.1. The highest BCUT2D eigenvalue weighted by molar-refractivity contribution is 6.01. The normalized spacial score (nSPS) is 10.4. The maximum absolute atomic E-state index is 11.8. The lowest BCUT2D eigenvalue weighted by Crippen LogP contribution is -2.31. The number of carbonyl (C=O) groups is 2. The number of carboxylic acid groups (broad SMARTS) is 1. The SMILES string of the molecule is CC(C)(O)C(=O)c1cccc(COCC(=O)O)c1.CO. The molecule has 0 aromatic heterocycles. The largest absolute Gasteiger partial charge is 0.480 e. The van der Waals surface area contributed by atoms with E-state index in [1.54, 1.807) is 24.3 Å². The predicted octanol–water partition coefficient (Wildman–Crippen LogP) is 0.850. The Bertz CT molecular complexity index is 447. The van der Waals surface area contributed by atoms with Crippen LogP contribution in [0.5, 0.6) is 0 Å². The first-order valence-corrected chi connectivity index (χ1v) is 5.91. The van der Waals surface area contributed by atoms with Gasteiger partial charge in [0, 0.05) is 12.7 Å². The molecule has 3 N–H and O–H groups in total. The molecule has 0 aliphatic carbocycles. The van der Waals surface area contributed by atoms with Crippen LogP contribution in [0, 0.1) is 0 Å². The molecule has 0 amide bonds. The number of Topliss-reactive ketones (excluding diaryl/α,β-unsaturated/α-hetero) is 1. The van der Waals surface area contributed by atoms with Gasteiger partial charge in [-0.2, -0.15) is 0 Å². The average Bonchev–Trinajstić information content (AvgIpc) is 2.39. The Hall–Kier alpha value is -1.76. The second kappa shape index (κ2) is 8.42. The van der Waals surface area contributed by atoms with Crippen molar-refractivity contribution in [1.82, 2.24) is 0 Å². The van der Waals surface area contributed by atoms with E-state index < -0.39 is 11.6 Å². The van der Waals surface area contributed by atoms with Crippen molar-refractivity contribution in [2.75, 3.05) is 13.7 Å². The lowest BCUT2D eigenvalue weighted by Gasteiger charge is -2.15. The van der Waals surface area contributed by atoms with E-state index in [4.69, 9.17) is 14.9 Å². The zero-order valence-corrected chi connectivity index (χ0v) is 11.8. The number of ketones is 1. The van der Waals surface area contributed by atoms with Crippen LogP contribution in [0.4, 0.5) is 0 Å². The molecule has 0 heterocycles. The summed E-state index contributed by atoms with van der Waals surface area (Å²) in [5, 5.41) is 25.0. The molecule has 0 unspecified atom stereocenters. The van der Waals surface area contributed by atoms with Crippen molar-refractivity contribution >= 4 is 11.8 Å². The molecule has 0 saturated heterocycles. The van der Waals surface area contributed by atoms with Crippen LogP contribution in [0.15, 0.2) is 24.3 Å². The summed E-state index contributed by atoms with van der Waals surface area (Å²) in [5.74, 6) is -1.43. The fourth-order valence-corrected chi connectivity index (χ4v) is 1.41. The van der Waals surface area contributed by atoms with E-state index in [9.17, 15) is 14.7 Å². The lowest BCUT2D eigenvalue weighted by atomic mass is 9.96. The number of hydrogen-bond donors (Lipinski definition) is 3. The molecule has 112 valence electrons. The van der Waals surface area contributed by atoms with Gasteiger partial charge >= 0.3 is 5.97 Å². The predicted molar refractivity (Wildman–Crippen MR) is 72.5 cm³/mol. The van der Waals surface area contributed by atoms with Gasteiger partial charge in [-0.05, 0) is 25.5 Å². The van der Waals surface area contributed by atoms with Gasteiger partial charge in [0.05, 0.1) is 6.61 Å². The summed E-state index contributed by atoms with van der Waals surface area (Å²) in [7, 11) is 1.00. The van der Waals surface area contributed by atoms with Gasteiger partial charge in [0.25, 0.3) is 0 Å². The Morgan fingerprint density at radius 1 is 1.25 bits per heavy atom.